The van der Waals surface area contributed by atoms with Crippen molar-refractivity contribution in [3.05, 3.63) is 70.4 Å². The normalized spacial score (nSPS) is 18.0. The molecule has 5 rings (SSSR count). The molecule has 1 unspecified atom stereocenters. The summed E-state index contributed by atoms with van der Waals surface area (Å²) in [5.41, 5.74) is 3.92. The zero-order valence-corrected chi connectivity index (χ0v) is 18.9. The number of aromatic amines is 1. The van der Waals surface area contributed by atoms with E-state index in [-0.39, 0.29) is 5.97 Å². The molecule has 32 heavy (non-hydrogen) atoms. The van der Waals surface area contributed by atoms with E-state index in [1.165, 1.54) is 0 Å². The molecule has 0 saturated heterocycles. The number of esters is 1. The second-order valence-electron chi connectivity index (χ2n) is 8.62. The van der Waals surface area contributed by atoms with Gasteiger partial charge in [-0.2, -0.15) is 0 Å². The molecule has 1 atom stereocenters. The zero-order chi connectivity index (χ0) is 22.3. The number of carbonyl (C=O) groups excluding carboxylic acids is 1. The monoisotopic (exact) mass is 431 g/mol. The second-order valence-corrected chi connectivity index (χ2v) is 8.62. The smallest absolute Gasteiger partial charge is 0.340 e. The maximum absolute atomic E-state index is 12.9. The summed E-state index contributed by atoms with van der Waals surface area (Å²) in [5.74, 6) is 0.825. The van der Waals surface area contributed by atoms with Crippen LogP contribution in [0, 0.1) is 6.92 Å². The first-order chi connectivity index (χ1) is 15.6. The van der Waals surface area contributed by atoms with Crippen molar-refractivity contribution in [3.63, 3.8) is 0 Å². The van der Waals surface area contributed by atoms with Crippen LogP contribution in [0.25, 0.3) is 0 Å². The minimum absolute atomic E-state index is 0.323. The predicted octanol–water partition coefficient (Wildman–Crippen LogP) is 5.69. The molecule has 1 N–H and O–H groups in total. The highest BCUT2D eigenvalue weighted by Gasteiger charge is 2.55. The van der Waals surface area contributed by atoms with Crippen LogP contribution in [0.5, 0.6) is 11.6 Å². The van der Waals surface area contributed by atoms with Crippen molar-refractivity contribution in [1.29, 1.82) is 0 Å². The Morgan fingerprint density at radius 2 is 1.78 bits per heavy atom. The Morgan fingerprint density at radius 1 is 1.03 bits per heavy atom. The first kappa shape index (κ1) is 20.6. The number of H-pyrrole nitrogens is 1. The van der Waals surface area contributed by atoms with Crippen LogP contribution in [-0.2, 0) is 10.3 Å². The summed E-state index contributed by atoms with van der Waals surface area (Å²) < 4.78 is 12.5. The van der Waals surface area contributed by atoms with Crippen molar-refractivity contribution in [1.82, 2.24) is 10.2 Å². The summed E-state index contributed by atoms with van der Waals surface area (Å²) in [6.07, 6.45) is 4.57. The van der Waals surface area contributed by atoms with Crippen LogP contribution in [0.2, 0.25) is 0 Å². The van der Waals surface area contributed by atoms with E-state index < -0.39 is 5.60 Å². The van der Waals surface area contributed by atoms with Gasteiger partial charge in [-0.3, -0.25) is 5.10 Å². The van der Waals surface area contributed by atoms with E-state index in [0.717, 1.165) is 66.8 Å². The number of anilines is 1. The molecule has 0 saturated carbocycles. The fraction of sp³-hybridized carbons (Fsp3) is 0.385. The molecular formula is C26H29N3O3. The summed E-state index contributed by atoms with van der Waals surface area (Å²) in [4.78, 5) is 15.3. The van der Waals surface area contributed by atoms with E-state index >= 15 is 0 Å². The van der Waals surface area contributed by atoms with Gasteiger partial charge in [0.25, 0.3) is 0 Å². The fourth-order valence-corrected chi connectivity index (χ4v) is 4.89. The number of ether oxygens (including phenoxy) is 2. The van der Waals surface area contributed by atoms with Gasteiger partial charge in [0, 0.05) is 41.7 Å². The third-order valence-corrected chi connectivity index (χ3v) is 6.52. The molecule has 3 aromatic rings. The van der Waals surface area contributed by atoms with E-state index in [2.05, 4.69) is 47.1 Å². The van der Waals surface area contributed by atoms with E-state index in [0.29, 0.717) is 17.2 Å². The maximum atomic E-state index is 12.9. The number of unbranched alkanes of at least 4 members (excludes halogenated alkanes) is 2. The van der Waals surface area contributed by atoms with Crippen molar-refractivity contribution in [3.8, 4) is 11.6 Å². The number of aryl methyl sites for hydroxylation is 1. The number of fused-ring (bicyclic) bond motifs is 6. The van der Waals surface area contributed by atoms with Crippen LogP contribution in [0.3, 0.4) is 0 Å². The molecule has 0 amide bonds. The molecule has 3 heterocycles. The molecule has 6 nitrogen and oxygen atoms in total. The summed E-state index contributed by atoms with van der Waals surface area (Å²) in [6.45, 7) is 8.37. The minimum Gasteiger partial charge on any atom is -0.440 e. The highest BCUT2D eigenvalue weighted by atomic mass is 16.6. The van der Waals surface area contributed by atoms with Crippen molar-refractivity contribution < 1.29 is 14.3 Å². The molecule has 1 spiro atoms. The topological polar surface area (TPSA) is 67.4 Å². The molecule has 2 aliphatic heterocycles. The van der Waals surface area contributed by atoms with Crippen LogP contribution in [-0.4, -0.2) is 29.3 Å². The number of hydrogen-bond acceptors (Lipinski definition) is 5. The quantitative estimate of drug-likeness (QED) is 0.487. The zero-order valence-electron chi connectivity index (χ0n) is 18.9. The van der Waals surface area contributed by atoms with Gasteiger partial charge in [-0.05, 0) is 38.0 Å². The number of hydrogen-bond donors (Lipinski definition) is 1. The number of nitrogens with one attached hydrogen (secondary N) is 1. The van der Waals surface area contributed by atoms with Crippen molar-refractivity contribution >= 4 is 11.7 Å². The van der Waals surface area contributed by atoms with Gasteiger partial charge in [0.15, 0.2) is 5.60 Å². The fourth-order valence-electron chi connectivity index (χ4n) is 4.89. The molecular weight excluding hydrogens is 402 g/mol. The lowest BCUT2D eigenvalue weighted by Gasteiger charge is -2.35. The third kappa shape index (κ3) is 3.00. The number of benzene rings is 2. The largest absolute Gasteiger partial charge is 0.440 e. The minimum atomic E-state index is -1.05. The van der Waals surface area contributed by atoms with Gasteiger partial charge in [-0.25, -0.2) is 4.79 Å². The summed E-state index contributed by atoms with van der Waals surface area (Å²) >= 11 is 0. The van der Waals surface area contributed by atoms with Crippen LogP contribution >= 0.6 is 0 Å². The number of nitrogens with zero attached hydrogens (tertiary/aromatic N) is 2. The summed E-state index contributed by atoms with van der Waals surface area (Å²) in [5, 5.41) is 7.42. The first-order valence-electron chi connectivity index (χ1n) is 11.6. The number of rotatable bonds is 7. The van der Waals surface area contributed by atoms with Gasteiger partial charge in [0.2, 0.25) is 5.88 Å². The number of aromatic nitrogens is 2. The van der Waals surface area contributed by atoms with Gasteiger partial charge in [-0.1, -0.05) is 44.9 Å². The molecule has 0 fully saturated rings. The van der Waals surface area contributed by atoms with E-state index in [9.17, 15) is 4.79 Å². The second kappa shape index (κ2) is 8.01. The van der Waals surface area contributed by atoms with E-state index in [1.54, 1.807) is 0 Å². The molecule has 0 bridgehead atoms. The number of carbonyl (C=O) groups is 1. The molecule has 6 heteroatoms. The Bertz CT molecular complexity index is 1160. The Kier molecular flexibility index (Phi) is 5.16. The average Bonchev–Trinajstić information content (AvgIpc) is 3.32. The molecule has 1 aromatic heterocycles. The van der Waals surface area contributed by atoms with Crippen LogP contribution in [0.4, 0.5) is 5.69 Å². The van der Waals surface area contributed by atoms with Gasteiger partial charge in [-0.15, -0.1) is 5.10 Å². The van der Waals surface area contributed by atoms with Crippen LogP contribution in [0.1, 0.15) is 72.3 Å². The lowest BCUT2D eigenvalue weighted by atomic mass is 9.78. The lowest BCUT2D eigenvalue weighted by Crippen LogP contribution is -2.33. The third-order valence-electron chi connectivity index (χ3n) is 6.52. The van der Waals surface area contributed by atoms with Crippen LogP contribution in [0.15, 0.2) is 42.5 Å². The molecule has 0 aliphatic carbocycles. The van der Waals surface area contributed by atoms with Gasteiger partial charge in [0.05, 0.1) is 11.1 Å². The van der Waals surface area contributed by atoms with Gasteiger partial charge >= 0.3 is 5.97 Å². The Balaban J connectivity index is 1.66. The molecule has 2 aliphatic rings. The summed E-state index contributed by atoms with van der Waals surface area (Å²) in [6, 6.07) is 13.9. The van der Waals surface area contributed by atoms with Gasteiger partial charge in [0.1, 0.15) is 5.75 Å². The Labute approximate surface area is 188 Å². The average molecular weight is 432 g/mol. The molecule has 2 aromatic carbocycles. The Hall–Kier alpha value is -3.28. The molecule has 0 radical (unpaired) electrons. The lowest BCUT2D eigenvalue weighted by molar-refractivity contribution is 0.0222. The van der Waals surface area contributed by atoms with Crippen molar-refractivity contribution in [2.75, 3.05) is 18.0 Å². The van der Waals surface area contributed by atoms with Gasteiger partial charge < -0.3 is 14.4 Å². The predicted molar refractivity (Wildman–Crippen MR) is 124 cm³/mol. The van der Waals surface area contributed by atoms with Crippen LogP contribution < -0.4 is 9.64 Å². The van der Waals surface area contributed by atoms with E-state index in [1.807, 2.05) is 31.2 Å². The molecule has 166 valence electrons. The van der Waals surface area contributed by atoms with Crippen molar-refractivity contribution in [2.24, 2.45) is 0 Å². The SMILES string of the molecule is CCCCN(CCCC)c1ccc2c(c1)Oc1n[nH]c(C)c1C21OC(=O)c2ccccc21. The van der Waals surface area contributed by atoms with E-state index in [4.69, 9.17) is 9.47 Å². The highest BCUT2D eigenvalue weighted by molar-refractivity contribution is 5.97. The summed E-state index contributed by atoms with van der Waals surface area (Å²) in [7, 11) is 0. The maximum Gasteiger partial charge on any atom is 0.340 e. The Morgan fingerprint density at radius 3 is 2.53 bits per heavy atom. The highest BCUT2D eigenvalue weighted by Crippen LogP contribution is 2.56. The first-order valence-corrected chi connectivity index (χ1v) is 11.6. The standard InChI is InChI=1S/C26H29N3O3/c1-4-6-14-29(15-7-5-2)18-12-13-21-22(16-18)31-24-23(17(3)27-28-24)26(21)20-11-9-8-10-19(20)25(30)32-26/h8-13,16H,4-7,14-15H2,1-3H3,(H,27,28). The van der Waals surface area contributed by atoms with Crippen molar-refractivity contribution in [2.45, 2.75) is 52.1 Å².